The number of carbonyl (C=O) groups is 1. The summed E-state index contributed by atoms with van der Waals surface area (Å²) < 4.78 is 13.3. The Morgan fingerprint density at radius 3 is 3.17 bits per heavy atom. The molecule has 1 aromatic heterocycles. The third kappa shape index (κ3) is 3.61. The van der Waals surface area contributed by atoms with Crippen molar-refractivity contribution in [2.45, 2.75) is 44.4 Å². The molecule has 2 aliphatic heterocycles. The van der Waals surface area contributed by atoms with Crippen LogP contribution in [0.4, 0.5) is 0 Å². The summed E-state index contributed by atoms with van der Waals surface area (Å²) in [5.74, 6) is 0.128. The van der Waals surface area contributed by atoms with Crippen LogP contribution in [0.3, 0.4) is 0 Å². The summed E-state index contributed by atoms with van der Waals surface area (Å²) in [5.41, 5.74) is -0.582. The number of rotatable bonds is 3. The predicted octanol–water partition coefficient (Wildman–Crippen LogP) is 0.430. The molecule has 0 aliphatic carbocycles. The van der Waals surface area contributed by atoms with Gasteiger partial charge < -0.3 is 14.4 Å². The minimum Gasteiger partial charge on any atom is -0.377 e. The van der Waals surface area contributed by atoms with E-state index in [-0.39, 0.29) is 17.6 Å². The first-order valence-electron chi connectivity index (χ1n) is 8.17. The molecular formula is C16H23N3O4. The molecule has 2 atom stereocenters. The first-order valence-corrected chi connectivity index (χ1v) is 8.17. The van der Waals surface area contributed by atoms with Gasteiger partial charge in [-0.25, -0.2) is 4.68 Å². The molecule has 0 aromatic carbocycles. The van der Waals surface area contributed by atoms with E-state index in [9.17, 15) is 9.59 Å². The number of amides is 1. The van der Waals surface area contributed by atoms with E-state index < -0.39 is 5.60 Å². The Kier molecular flexibility index (Phi) is 4.77. The van der Waals surface area contributed by atoms with Gasteiger partial charge >= 0.3 is 0 Å². The van der Waals surface area contributed by atoms with Crippen molar-refractivity contribution in [3.8, 4) is 0 Å². The van der Waals surface area contributed by atoms with Gasteiger partial charge in [0.15, 0.2) is 0 Å². The topological polar surface area (TPSA) is 73.7 Å². The first kappa shape index (κ1) is 16.1. The smallest absolute Gasteiger partial charge is 0.266 e. The second kappa shape index (κ2) is 6.80. The van der Waals surface area contributed by atoms with Crippen molar-refractivity contribution < 1.29 is 14.3 Å². The highest BCUT2D eigenvalue weighted by molar-refractivity contribution is 5.75. The quantitative estimate of drug-likeness (QED) is 0.807. The molecular weight excluding hydrogens is 298 g/mol. The van der Waals surface area contributed by atoms with E-state index >= 15 is 0 Å². The van der Waals surface area contributed by atoms with Crippen LogP contribution in [0, 0.1) is 0 Å². The third-order valence-electron chi connectivity index (χ3n) is 4.51. The molecule has 2 saturated heterocycles. The molecule has 2 unspecified atom stereocenters. The summed E-state index contributed by atoms with van der Waals surface area (Å²) in [6.45, 7) is 4.51. The van der Waals surface area contributed by atoms with Gasteiger partial charge in [-0.3, -0.25) is 9.59 Å². The molecule has 2 aliphatic rings. The van der Waals surface area contributed by atoms with Crippen LogP contribution >= 0.6 is 0 Å². The number of ether oxygens (including phenoxy) is 2. The van der Waals surface area contributed by atoms with E-state index in [1.165, 1.54) is 10.7 Å². The van der Waals surface area contributed by atoms with Crippen LogP contribution in [0.25, 0.3) is 0 Å². The van der Waals surface area contributed by atoms with Crippen molar-refractivity contribution >= 4 is 5.91 Å². The van der Waals surface area contributed by atoms with Gasteiger partial charge in [-0.05, 0) is 18.9 Å². The first-order chi connectivity index (χ1) is 11.1. The SMILES string of the molecule is CCC(=O)N1CCOCC2(CCC(Cn3ncccc3=O)O2)C1. The van der Waals surface area contributed by atoms with E-state index in [2.05, 4.69) is 5.10 Å². The van der Waals surface area contributed by atoms with Crippen LogP contribution < -0.4 is 5.56 Å². The maximum Gasteiger partial charge on any atom is 0.266 e. The summed E-state index contributed by atoms with van der Waals surface area (Å²) in [5, 5.41) is 4.08. The molecule has 3 rings (SSSR count). The Hall–Kier alpha value is -1.73. The van der Waals surface area contributed by atoms with Crippen molar-refractivity contribution in [1.29, 1.82) is 0 Å². The zero-order valence-electron chi connectivity index (χ0n) is 13.4. The normalized spacial score (nSPS) is 28.0. The zero-order chi connectivity index (χ0) is 16.3. The highest BCUT2D eigenvalue weighted by atomic mass is 16.6. The largest absolute Gasteiger partial charge is 0.377 e. The molecule has 3 heterocycles. The number of carbonyl (C=O) groups excluding carboxylic acids is 1. The third-order valence-corrected chi connectivity index (χ3v) is 4.51. The van der Waals surface area contributed by atoms with Crippen molar-refractivity contribution in [1.82, 2.24) is 14.7 Å². The Labute approximate surface area is 135 Å². The van der Waals surface area contributed by atoms with E-state index in [0.29, 0.717) is 39.3 Å². The van der Waals surface area contributed by atoms with E-state index in [4.69, 9.17) is 9.47 Å². The Bertz CT molecular complexity index is 617. The fourth-order valence-electron chi connectivity index (χ4n) is 3.31. The van der Waals surface area contributed by atoms with Crippen LogP contribution in [-0.4, -0.2) is 58.6 Å². The van der Waals surface area contributed by atoms with Crippen LogP contribution in [0.5, 0.6) is 0 Å². The molecule has 1 aromatic rings. The van der Waals surface area contributed by atoms with Crippen molar-refractivity contribution in [2.24, 2.45) is 0 Å². The summed E-state index contributed by atoms with van der Waals surface area (Å²) in [6, 6.07) is 3.12. The maximum atomic E-state index is 12.0. The summed E-state index contributed by atoms with van der Waals surface area (Å²) in [4.78, 5) is 25.6. The highest BCUT2D eigenvalue weighted by Gasteiger charge is 2.44. The fourth-order valence-corrected chi connectivity index (χ4v) is 3.31. The second-order valence-corrected chi connectivity index (χ2v) is 6.23. The Morgan fingerprint density at radius 1 is 1.52 bits per heavy atom. The number of hydrogen-bond donors (Lipinski definition) is 0. The Morgan fingerprint density at radius 2 is 2.39 bits per heavy atom. The molecule has 2 fully saturated rings. The van der Waals surface area contributed by atoms with Crippen molar-refractivity contribution in [3.05, 3.63) is 28.7 Å². The molecule has 0 radical (unpaired) electrons. The minimum absolute atomic E-state index is 0.0807. The van der Waals surface area contributed by atoms with E-state index in [1.54, 1.807) is 12.3 Å². The molecule has 7 nitrogen and oxygen atoms in total. The standard InChI is InChI=1S/C16H23N3O4/c1-2-14(20)18-8-9-22-12-16(11-18)6-5-13(23-16)10-19-15(21)4-3-7-17-19/h3-4,7,13H,2,5-6,8-12H2,1H3. The lowest BCUT2D eigenvalue weighted by Gasteiger charge is -2.31. The average Bonchev–Trinajstić information content (AvgIpc) is 2.81. The van der Waals surface area contributed by atoms with Gasteiger partial charge in [-0.15, -0.1) is 0 Å². The van der Waals surface area contributed by atoms with Gasteiger partial charge in [0.05, 0.1) is 32.4 Å². The van der Waals surface area contributed by atoms with Gasteiger partial charge in [-0.1, -0.05) is 6.92 Å². The molecule has 1 spiro atoms. The molecule has 0 saturated carbocycles. The van der Waals surface area contributed by atoms with Crippen LogP contribution in [0.15, 0.2) is 23.1 Å². The van der Waals surface area contributed by atoms with Gasteiger partial charge in [0.2, 0.25) is 5.91 Å². The molecule has 0 N–H and O–H groups in total. The van der Waals surface area contributed by atoms with E-state index in [0.717, 1.165) is 12.8 Å². The minimum atomic E-state index is -0.454. The van der Waals surface area contributed by atoms with Gasteiger partial charge in [0.1, 0.15) is 5.60 Å². The molecule has 23 heavy (non-hydrogen) atoms. The van der Waals surface area contributed by atoms with Crippen molar-refractivity contribution in [3.63, 3.8) is 0 Å². The lowest BCUT2D eigenvalue weighted by molar-refractivity contribution is -0.136. The van der Waals surface area contributed by atoms with Crippen LogP contribution in [0.2, 0.25) is 0 Å². The molecule has 1 amide bonds. The summed E-state index contributed by atoms with van der Waals surface area (Å²) in [6.07, 6.45) is 3.67. The maximum absolute atomic E-state index is 12.0. The number of aromatic nitrogens is 2. The van der Waals surface area contributed by atoms with Crippen LogP contribution in [-0.2, 0) is 20.8 Å². The monoisotopic (exact) mass is 321 g/mol. The highest BCUT2D eigenvalue weighted by Crippen LogP contribution is 2.33. The lowest BCUT2D eigenvalue weighted by Crippen LogP contribution is -2.46. The molecule has 7 heteroatoms. The predicted molar refractivity (Wildman–Crippen MR) is 83.0 cm³/mol. The average molecular weight is 321 g/mol. The fraction of sp³-hybridized carbons (Fsp3) is 0.688. The van der Waals surface area contributed by atoms with E-state index in [1.807, 2.05) is 11.8 Å². The number of nitrogens with zero attached hydrogens (tertiary/aromatic N) is 3. The van der Waals surface area contributed by atoms with Gasteiger partial charge in [0.25, 0.3) is 5.56 Å². The van der Waals surface area contributed by atoms with Crippen LogP contribution in [0.1, 0.15) is 26.2 Å². The lowest BCUT2D eigenvalue weighted by atomic mass is 10.00. The zero-order valence-corrected chi connectivity index (χ0v) is 13.4. The van der Waals surface area contributed by atoms with Crippen molar-refractivity contribution in [2.75, 3.05) is 26.3 Å². The summed E-state index contributed by atoms with van der Waals surface area (Å²) >= 11 is 0. The number of hydrogen-bond acceptors (Lipinski definition) is 5. The molecule has 126 valence electrons. The van der Waals surface area contributed by atoms with Gasteiger partial charge in [0, 0.05) is 25.2 Å². The molecule has 0 bridgehead atoms. The summed E-state index contributed by atoms with van der Waals surface area (Å²) in [7, 11) is 0. The second-order valence-electron chi connectivity index (χ2n) is 6.23. The van der Waals surface area contributed by atoms with Gasteiger partial charge in [-0.2, -0.15) is 5.10 Å². The Balaban J connectivity index is 1.68.